The van der Waals surface area contributed by atoms with Crippen molar-refractivity contribution < 1.29 is 9.84 Å². The van der Waals surface area contributed by atoms with E-state index in [0.717, 1.165) is 26.9 Å². The number of benzene rings is 2. The van der Waals surface area contributed by atoms with Crippen LogP contribution in [0, 0.1) is 6.92 Å². The molecule has 0 amide bonds. The second-order valence-corrected chi connectivity index (χ2v) is 6.00. The number of aliphatic hydroxyl groups is 1. The largest absolute Gasteiger partial charge is 0.491 e. The van der Waals surface area contributed by atoms with Gasteiger partial charge in [-0.25, -0.2) is 0 Å². The fraction of sp³-hybridized carbons (Fsp3) is 0.294. The molecule has 0 heterocycles. The first kappa shape index (κ1) is 15.1. The van der Waals surface area contributed by atoms with Crippen LogP contribution in [0.4, 0.5) is 0 Å². The van der Waals surface area contributed by atoms with Crippen LogP contribution in [0.25, 0.3) is 0 Å². The van der Waals surface area contributed by atoms with Crippen molar-refractivity contribution in [1.82, 2.24) is 0 Å². The summed E-state index contributed by atoms with van der Waals surface area (Å²) in [5.74, 6) is 0.822. The average molecular weight is 335 g/mol. The Morgan fingerprint density at radius 1 is 1.00 bits per heavy atom. The van der Waals surface area contributed by atoms with Crippen molar-refractivity contribution in [1.29, 1.82) is 0 Å². The van der Waals surface area contributed by atoms with E-state index in [4.69, 9.17) is 4.74 Å². The first-order valence-electron chi connectivity index (χ1n) is 6.68. The molecule has 0 radical (unpaired) electrons. The molecular weight excluding hydrogens is 316 g/mol. The van der Waals surface area contributed by atoms with Crippen molar-refractivity contribution in [3.8, 4) is 5.75 Å². The average Bonchev–Trinajstić information content (AvgIpc) is 2.41. The minimum absolute atomic E-state index is 0.153. The highest BCUT2D eigenvalue weighted by atomic mass is 79.9. The molecule has 2 aromatic carbocycles. The van der Waals surface area contributed by atoms with E-state index in [0.29, 0.717) is 0 Å². The maximum Gasteiger partial charge on any atom is 0.119 e. The monoisotopic (exact) mass is 334 g/mol. The maximum absolute atomic E-state index is 10.4. The van der Waals surface area contributed by atoms with Crippen LogP contribution in [0.5, 0.6) is 5.75 Å². The SMILES string of the molecule is Cc1cc(C(O)c2ccc(OC(C)C)cc2)ccc1Br. The lowest BCUT2D eigenvalue weighted by Gasteiger charge is -2.14. The molecule has 1 unspecified atom stereocenters. The van der Waals surface area contributed by atoms with Crippen LogP contribution in [0.15, 0.2) is 46.9 Å². The van der Waals surface area contributed by atoms with Gasteiger partial charge in [-0.3, -0.25) is 0 Å². The van der Waals surface area contributed by atoms with Crippen molar-refractivity contribution in [2.24, 2.45) is 0 Å². The molecule has 0 aliphatic rings. The smallest absolute Gasteiger partial charge is 0.119 e. The number of halogens is 1. The summed E-state index contributed by atoms with van der Waals surface area (Å²) in [6.45, 7) is 6.00. The topological polar surface area (TPSA) is 29.5 Å². The third-order valence-corrected chi connectivity index (χ3v) is 3.96. The molecule has 3 heteroatoms. The Hall–Kier alpha value is -1.32. The molecule has 0 saturated carbocycles. The number of aliphatic hydroxyl groups excluding tert-OH is 1. The Labute approximate surface area is 128 Å². The molecule has 1 atom stereocenters. The first-order valence-corrected chi connectivity index (χ1v) is 7.47. The van der Waals surface area contributed by atoms with Crippen LogP contribution < -0.4 is 4.74 Å². The molecule has 2 aromatic rings. The highest BCUT2D eigenvalue weighted by molar-refractivity contribution is 9.10. The standard InChI is InChI=1S/C17H19BrO2/c1-11(2)20-15-7-4-13(5-8-15)17(19)14-6-9-16(18)12(3)10-14/h4-11,17,19H,1-3H3. The highest BCUT2D eigenvalue weighted by Crippen LogP contribution is 2.27. The molecule has 0 fully saturated rings. The van der Waals surface area contributed by atoms with E-state index in [1.807, 2.05) is 63.2 Å². The molecule has 0 saturated heterocycles. The van der Waals surface area contributed by atoms with E-state index in [2.05, 4.69) is 15.9 Å². The van der Waals surface area contributed by atoms with Gasteiger partial charge in [-0.2, -0.15) is 0 Å². The lowest BCUT2D eigenvalue weighted by molar-refractivity contribution is 0.219. The van der Waals surface area contributed by atoms with Crippen LogP contribution in [0.3, 0.4) is 0 Å². The zero-order chi connectivity index (χ0) is 14.7. The number of hydrogen-bond acceptors (Lipinski definition) is 2. The zero-order valence-electron chi connectivity index (χ0n) is 11.9. The van der Waals surface area contributed by atoms with Crippen LogP contribution in [-0.4, -0.2) is 11.2 Å². The second kappa shape index (κ2) is 6.42. The van der Waals surface area contributed by atoms with Crippen molar-refractivity contribution in [2.45, 2.75) is 33.0 Å². The van der Waals surface area contributed by atoms with Crippen LogP contribution in [0.2, 0.25) is 0 Å². The van der Waals surface area contributed by atoms with Crippen molar-refractivity contribution in [2.75, 3.05) is 0 Å². The molecule has 2 nitrogen and oxygen atoms in total. The van der Waals surface area contributed by atoms with E-state index in [1.165, 1.54) is 0 Å². The van der Waals surface area contributed by atoms with E-state index in [9.17, 15) is 5.11 Å². The molecule has 1 N–H and O–H groups in total. The van der Waals surface area contributed by atoms with Crippen LogP contribution in [0.1, 0.15) is 36.6 Å². The van der Waals surface area contributed by atoms with Crippen molar-refractivity contribution >= 4 is 15.9 Å². The van der Waals surface area contributed by atoms with Crippen molar-refractivity contribution in [3.63, 3.8) is 0 Å². The fourth-order valence-corrected chi connectivity index (χ4v) is 2.28. The minimum atomic E-state index is -0.616. The molecule has 106 valence electrons. The maximum atomic E-state index is 10.4. The van der Waals surface area contributed by atoms with Gasteiger partial charge in [0, 0.05) is 4.47 Å². The van der Waals surface area contributed by atoms with Gasteiger partial charge in [0.05, 0.1) is 6.10 Å². The van der Waals surface area contributed by atoms with E-state index < -0.39 is 6.10 Å². The predicted molar refractivity (Wildman–Crippen MR) is 85.1 cm³/mol. The van der Waals surface area contributed by atoms with E-state index in [1.54, 1.807) is 0 Å². The Morgan fingerprint density at radius 2 is 1.60 bits per heavy atom. The van der Waals surface area contributed by atoms with Gasteiger partial charge in [0.25, 0.3) is 0 Å². The summed E-state index contributed by atoms with van der Waals surface area (Å²) in [5, 5.41) is 10.4. The summed E-state index contributed by atoms with van der Waals surface area (Å²) in [6.07, 6.45) is -0.463. The molecule has 0 aliphatic heterocycles. The second-order valence-electron chi connectivity index (χ2n) is 5.15. The lowest BCUT2D eigenvalue weighted by atomic mass is 10.00. The van der Waals surface area contributed by atoms with Gasteiger partial charge < -0.3 is 9.84 Å². The molecule has 20 heavy (non-hydrogen) atoms. The van der Waals surface area contributed by atoms with Crippen LogP contribution in [-0.2, 0) is 0 Å². The molecule has 0 aliphatic carbocycles. The van der Waals surface area contributed by atoms with Crippen LogP contribution >= 0.6 is 15.9 Å². The summed E-state index contributed by atoms with van der Waals surface area (Å²) in [5.41, 5.74) is 2.87. The molecular formula is C17H19BrO2. The van der Waals surface area contributed by atoms with Gasteiger partial charge in [0.15, 0.2) is 0 Å². The number of ether oxygens (including phenoxy) is 1. The Balaban J connectivity index is 2.20. The molecule has 0 spiro atoms. The van der Waals surface area contributed by atoms with E-state index in [-0.39, 0.29) is 6.10 Å². The van der Waals surface area contributed by atoms with Crippen molar-refractivity contribution in [3.05, 3.63) is 63.6 Å². The zero-order valence-corrected chi connectivity index (χ0v) is 13.5. The summed E-state index contributed by atoms with van der Waals surface area (Å²) < 4.78 is 6.65. The summed E-state index contributed by atoms with van der Waals surface area (Å²) in [7, 11) is 0. The molecule has 0 aromatic heterocycles. The number of hydrogen-bond donors (Lipinski definition) is 1. The van der Waals surface area contributed by atoms with Gasteiger partial charge in [0.1, 0.15) is 11.9 Å². The van der Waals surface area contributed by atoms with Gasteiger partial charge in [-0.1, -0.05) is 40.2 Å². The van der Waals surface area contributed by atoms with Gasteiger partial charge in [0.2, 0.25) is 0 Å². The number of rotatable bonds is 4. The van der Waals surface area contributed by atoms with Gasteiger partial charge in [-0.05, 0) is 55.7 Å². The number of aryl methyl sites for hydroxylation is 1. The summed E-state index contributed by atoms with van der Waals surface area (Å²) >= 11 is 3.47. The Morgan fingerprint density at radius 3 is 2.15 bits per heavy atom. The highest BCUT2D eigenvalue weighted by Gasteiger charge is 2.11. The minimum Gasteiger partial charge on any atom is -0.491 e. The van der Waals surface area contributed by atoms with Gasteiger partial charge in [-0.15, -0.1) is 0 Å². The van der Waals surface area contributed by atoms with Gasteiger partial charge >= 0.3 is 0 Å². The first-order chi connectivity index (χ1) is 9.47. The third kappa shape index (κ3) is 3.62. The molecule has 0 bridgehead atoms. The summed E-state index contributed by atoms with van der Waals surface area (Å²) in [4.78, 5) is 0. The Bertz CT molecular complexity index is 576. The Kier molecular flexibility index (Phi) is 4.84. The quantitative estimate of drug-likeness (QED) is 0.883. The van der Waals surface area contributed by atoms with E-state index >= 15 is 0 Å². The fourth-order valence-electron chi connectivity index (χ4n) is 2.03. The molecule has 2 rings (SSSR count). The third-order valence-electron chi connectivity index (χ3n) is 3.07. The lowest BCUT2D eigenvalue weighted by Crippen LogP contribution is -2.06. The summed E-state index contributed by atoms with van der Waals surface area (Å²) in [6, 6.07) is 13.5. The normalized spacial score (nSPS) is 12.5. The predicted octanol–water partition coefficient (Wildman–Crippen LogP) is 4.63.